The average Bonchev–Trinajstić information content (AvgIpc) is 2.47. The Hall–Kier alpha value is -3.29. The Morgan fingerprint density at radius 2 is 2.09 bits per heavy atom. The lowest BCUT2D eigenvalue weighted by Gasteiger charge is -2.17. The Morgan fingerprint density at radius 3 is 2.73 bits per heavy atom. The van der Waals surface area contributed by atoms with Crippen LogP contribution in [0.1, 0.15) is 10.5 Å². The molecular weight excluding hydrogens is 288 g/mol. The normalized spacial score (nSPS) is 12.1. The Balaban J connectivity index is 0.000000164. The van der Waals surface area contributed by atoms with Gasteiger partial charge in [-0.25, -0.2) is 9.78 Å². The fourth-order valence-electron chi connectivity index (χ4n) is 1.70. The highest BCUT2D eigenvalue weighted by Crippen LogP contribution is 2.28. The van der Waals surface area contributed by atoms with Gasteiger partial charge in [0.05, 0.1) is 11.4 Å². The summed E-state index contributed by atoms with van der Waals surface area (Å²) >= 11 is 0. The second-order valence-electron chi connectivity index (χ2n) is 4.34. The van der Waals surface area contributed by atoms with Crippen LogP contribution in [0.25, 0.3) is 0 Å². The minimum atomic E-state index is -1.10. The third-order valence-corrected chi connectivity index (χ3v) is 2.68. The number of nitrogens with one attached hydrogen (secondary N) is 1. The Labute approximate surface area is 125 Å². The molecule has 1 aliphatic heterocycles. The Bertz CT molecular complexity index is 718. The largest absolute Gasteiger partial charge is 0.482 e. The van der Waals surface area contributed by atoms with Crippen LogP contribution in [0.4, 0.5) is 17.1 Å². The molecule has 114 valence electrons. The number of carbonyl (C=O) groups is 2. The summed E-state index contributed by atoms with van der Waals surface area (Å²) in [7, 11) is 0. The Morgan fingerprint density at radius 1 is 1.32 bits per heavy atom. The maximum Gasteiger partial charge on any atom is 0.356 e. The first-order valence-electron chi connectivity index (χ1n) is 6.23. The number of hydrogen-bond donors (Lipinski definition) is 4. The molecule has 8 heteroatoms. The molecule has 22 heavy (non-hydrogen) atoms. The van der Waals surface area contributed by atoms with Gasteiger partial charge >= 0.3 is 5.97 Å². The van der Waals surface area contributed by atoms with Crippen molar-refractivity contribution in [1.82, 2.24) is 4.98 Å². The summed E-state index contributed by atoms with van der Waals surface area (Å²) in [6.07, 6.45) is 1.39. The van der Waals surface area contributed by atoms with E-state index >= 15 is 0 Å². The summed E-state index contributed by atoms with van der Waals surface area (Å²) < 4.78 is 5.12. The number of carboxylic acid groups (broad SMARTS) is 1. The number of anilines is 3. The number of pyridine rings is 1. The van der Waals surface area contributed by atoms with Gasteiger partial charge in [-0.2, -0.15) is 0 Å². The maximum absolute atomic E-state index is 10.9. The van der Waals surface area contributed by atoms with Crippen LogP contribution in [-0.4, -0.2) is 28.6 Å². The number of carboxylic acids is 1. The lowest BCUT2D eigenvalue weighted by Crippen LogP contribution is -2.25. The molecule has 8 nitrogen and oxygen atoms in total. The number of rotatable bonds is 1. The zero-order valence-corrected chi connectivity index (χ0v) is 11.4. The first-order chi connectivity index (χ1) is 10.5. The van der Waals surface area contributed by atoms with Gasteiger partial charge in [-0.05, 0) is 30.3 Å². The zero-order valence-electron chi connectivity index (χ0n) is 11.4. The van der Waals surface area contributed by atoms with E-state index < -0.39 is 5.97 Å². The van der Waals surface area contributed by atoms with Crippen molar-refractivity contribution in [1.29, 1.82) is 0 Å². The van der Waals surface area contributed by atoms with E-state index in [1.165, 1.54) is 12.3 Å². The molecule has 1 amide bonds. The molecule has 1 aromatic carbocycles. The van der Waals surface area contributed by atoms with Crippen LogP contribution in [0.2, 0.25) is 0 Å². The SMILES string of the molecule is Nc1ccc2c(c1)NC(=O)CO2.Nc1cccnc1C(=O)O. The van der Waals surface area contributed by atoms with E-state index in [4.69, 9.17) is 21.3 Å². The van der Waals surface area contributed by atoms with E-state index in [1.54, 1.807) is 24.3 Å². The number of fused-ring (bicyclic) bond motifs is 1. The summed E-state index contributed by atoms with van der Waals surface area (Å²) in [5, 5.41) is 11.1. The molecule has 0 atom stereocenters. The predicted octanol–water partition coefficient (Wildman–Crippen LogP) is 0.962. The molecule has 0 bridgehead atoms. The molecule has 0 radical (unpaired) electrons. The number of nitrogens with two attached hydrogens (primary N) is 2. The number of aromatic carboxylic acids is 1. The lowest BCUT2D eigenvalue weighted by molar-refractivity contribution is -0.118. The molecule has 6 N–H and O–H groups in total. The molecule has 0 aliphatic carbocycles. The zero-order chi connectivity index (χ0) is 16.1. The fourth-order valence-corrected chi connectivity index (χ4v) is 1.70. The van der Waals surface area contributed by atoms with Crippen molar-refractivity contribution in [3.05, 3.63) is 42.2 Å². The third-order valence-electron chi connectivity index (χ3n) is 2.68. The first-order valence-corrected chi connectivity index (χ1v) is 6.23. The van der Waals surface area contributed by atoms with Crippen molar-refractivity contribution < 1.29 is 19.4 Å². The minimum absolute atomic E-state index is 0.0803. The highest BCUT2D eigenvalue weighted by atomic mass is 16.5. The molecule has 0 saturated carbocycles. The molecule has 0 fully saturated rings. The standard InChI is InChI=1S/C8H8N2O2.C6H6N2O2/c9-5-1-2-7-6(3-5)10-8(11)4-12-7;7-4-2-1-3-8-5(4)6(9)10/h1-3H,4,9H2,(H,10,11);1-3H,7H2,(H,9,10). The highest BCUT2D eigenvalue weighted by Gasteiger charge is 2.14. The van der Waals surface area contributed by atoms with Crippen LogP contribution >= 0.6 is 0 Å². The quantitative estimate of drug-likeness (QED) is 0.575. The van der Waals surface area contributed by atoms with E-state index in [-0.39, 0.29) is 23.9 Å². The van der Waals surface area contributed by atoms with Crippen molar-refractivity contribution in [2.75, 3.05) is 23.4 Å². The van der Waals surface area contributed by atoms with Crippen LogP contribution in [-0.2, 0) is 4.79 Å². The van der Waals surface area contributed by atoms with Crippen LogP contribution in [0.5, 0.6) is 5.75 Å². The molecule has 0 saturated heterocycles. The van der Waals surface area contributed by atoms with Crippen molar-refractivity contribution in [3.8, 4) is 5.75 Å². The van der Waals surface area contributed by atoms with Crippen LogP contribution in [0.3, 0.4) is 0 Å². The van der Waals surface area contributed by atoms with Gasteiger partial charge in [-0.15, -0.1) is 0 Å². The number of nitrogens with zero attached hydrogens (tertiary/aromatic N) is 1. The van der Waals surface area contributed by atoms with Crippen molar-refractivity contribution in [2.45, 2.75) is 0 Å². The highest BCUT2D eigenvalue weighted by molar-refractivity contribution is 5.95. The number of ether oxygens (including phenoxy) is 1. The third kappa shape index (κ3) is 3.63. The van der Waals surface area contributed by atoms with Crippen molar-refractivity contribution in [2.24, 2.45) is 0 Å². The van der Waals surface area contributed by atoms with Crippen molar-refractivity contribution in [3.63, 3.8) is 0 Å². The number of carbonyl (C=O) groups excluding carboxylic acids is 1. The van der Waals surface area contributed by atoms with E-state index in [9.17, 15) is 9.59 Å². The molecule has 3 rings (SSSR count). The number of hydrogen-bond acceptors (Lipinski definition) is 6. The van der Waals surface area contributed by atoms with Gasteiger partial charge in [0, 0.05) is 11.9 Å². The molecule has 1 aliphatic rings. The van der Waals surface area contributed by atoms with E-state index in [0.29, 0.717) is 17.1 Å². The molecule has 0 spiro atoms. The van der Waals surface area contributed by atoms with Crippen LogP contribution in [0, 0.1) is 0 Å². The molecular formula is C14H14N4O4. The smallest absolute Gasteiger partial charge is 0.356 e. The van der Waals surface area contributed by atoms with Gasteiger partial charge in [-0.3, -0.25) is 4.79 Å². The molecule has 0 unspecified atom stereocenters. The monoisotopic (exact) mass is 302 g/mol. The lowest BCUT2D eigenvalue weighted by atomic mass is 10.2. The predicted molar refractivity (Wildman–Crippen MR) is 80.6 cm³/mol. The van der Waals surface area contributed by atoms with Gasteiger partial charge in [0.15, 0.2) is 12.3 Å². The van der Waals surface area contributed by atoms with Gasteiger partial charge in [-0.1, -0.05) is 0 Å². The second kappa shape index (κ2) is 6.44. The molecule has 1 aromatic heterocycles. The van der Waals surface area contributed by atoms with E-state index in [2.05, 4.69) is 10.3 Å². The van der Waals surface area contributed by atoms with Crippen molar-refractivity contribution >= 4 is 28.9 Å². The Kier molecular flexibility index (Phi) is 4.42. The summed E-state index contributed by atoms with van der Waals surface area (Å²) in [5.74, 6) is -0.574. The van der Waals surface area contributed by atoms with Gasteiger partial charge in [0.1, 0.15) is 5.75 Å². The number of benzene rings is 1. The summed E-state index contributed by atoms with van der Waals surface area (Å²) in [4.78, 5) is 24.7. The minimum Gasteiger partial charge on any atom is -0.482 e. The van der Waals surface area contributed by atoms with Gasteiger partial charge < -0.3 is 26.6 Å². The maximum atomic E-state index is 10.9. The average molecular weight is 302 g/mol. The van der Waals surface area contributed by atoms with E-state index in [1.807, 2.05) is 0 Å². The molecule has 2 heterocycles. The molecule has 2 aromatic rings. The van der Waals surface area contributed by atoms with Crippen LogP contribution < -0.4 is 21.5 Å². The number of aromatic nitrogens is 1. The topological polar surface area (TPSA) is 141 Å². The first kappa shape index (κ1) is 15.1. The second-order valence-corrected chi connectivity index (χ2v) is 4.34. The number of amides is 1. The van der Waals surface area contributed by atoms with Crippen LogP contribution in [0.15, 0.2) is 36.5 Å². The summed E-state index contributed by atoms with van der Waals surface area (Å²) in [6.45, 7) is 0.0803. The summed E-state index contributed by atoms with van der Waals surface area (Å²) in [6, 6.07) is 8.23. The van der Waals surface area contributed by atoms with Gasteiger partial charge in [0.25, 0.3) is 5.91 Å². The fraction of sp³-hybridized carbons (Fsp3) is 0.0714. The number of nitrogen functional groups attached to an aromatic ring is 2. The summed E-state index contributed by atoms with van der Waals surface area (Å²) in [5.41, 5.74) is 12.1. The van der Waals surface area contributed by atoms with Gasteiger partial charge in [0.2, 0.25) is 0 Å². The van der Waals surface area contributed by atoms with E-state index in [0.717, 1.165) is 0 Å².